The van der Waals surface area contributed by atoms with Gasteiger partial charge in [0.1, 0.15) is 0 Å². The number of rotatable bonds is 0. The molecule has 0 radical (unpaired) electrons. The van der Waals surface area contributed by atoms with Gasteiger partial charge in [-0.3, -0.25) is 5.43 Å². The molecule has 4 heteroatoms. The fraction of sp³-hybridized carbons (Fsp3) is 0.250. The van der Waals surface area contributed by atoms with Crippen LogP contribution in [0.15, 0.2) is 11.9 Å². The largest absolute Gasteiger partial charge is 0.337 e. The Kier molecular flexibility index (Phi) is 1.07. The van der Waals surface area contributed by atoms with E-state index in [-0.39, 0.29) is 6.03 Å². The number of nitrogens with one attached hydrogen (secondary N) is 3. The first-order valence-electron chi connectivity index (χ1n) is 2.28. The van der Waals surface area contributed by atoms with E-state index in [2.05, 4.69) is 16.2 Å². The number of carbonyl (C=O) groups excluding carboxylic acids is 1. The minimum absolute atomic E-state index is 0.218. The molecule has 0 saturated heterocycles. The third-order valence-electron chi connectivity index (χ3n) is 0.785. The van der Waals surface area contributed by atoms with Crippen LogP contribution >= 0.6 is 0 Å². The van der Waals surface area contributed by atoms with E-state index in [0.29, 0.717) is 0 Å². The summed E-state index contributed by atoms with van der Waals surface area (Å²) in [5, 5.41) is 2.53. The molecule has 0 aromatic rings. The highest BCUT2D eigenvalue weighted by Gasteiger charge is 2.01. The summed E-state index contributed by atoms with van der Waals surface area (Å²) >= 11 is 0. The van der Waals surface area contributed by atoms with Gasteiger partial charge in [-0.2, -0.15) is 0 Å². The fourth-order valence-corrected chi connectivity index (χ4v) is 0.456. The van der Waals surface area contributed by atoms with Crippen molar-refractivity contribution in [2.24, 2.45) is 0 Å². The Morgan fingerprint density at radius 3 is 2.75 bits per heavy atom. The number of hydrogen-bond acceptors (Lipinski definition) is 2. The Bertz CT molecular complexity index is 140. The van der Waals surface area contributed by atoms with Gasteiger partial charge in [0.15, 0.2) is 0 Å². The Morgan fingerprint density at radius 1 is 1.62 bits per heavy atom. The van der Waals surface area contributed by atoms with Crippen LogP contribution < -0.4 is 16.2 Å². The second-order valence-electron chi connectivity index (χ2n) is 1.55. The van der Waals surface area contributed by atoms with E-state index < -0.39 is 0 Å². The number of urea groups is 1. The molecule has 0 atom stereocenters. The molecule has 1 aliphatic heterocycles. The van der Waals surface area contributed by atoms with Crippen molar-refractivity contribution in [1.82, 2.24) is 16.2 Å². The zero-order valence-electron chi connectivity index (χ0n) is 4.49. The molecular formula is C4H7N3O. The Labute approximate surface area is 46.9 Å². The highest BCUT2D eigenvalue weighted by Crippen LogP contribution is 1.84. The molecule has 1 heterocycles. The van der Waals surface area contributed by atoms with Gasteiger partial charge in [-0.15, -0.1) is 0 Å². The van der Waals surface area contributed by atoms with Gasteiger partial charge >= 0.3 is 6.03 Å². The molecule has 44 valence electrons. The van der Waals surface area contributed by atoms with Crippen LogP contribution in [0.25, 0.3) is 0 Å². The summed E-state index contributed by atoms with van der Waals surface area (Å²) in [7, 11) is 0. The molecule has 0 aromatic heterocycles. The molecule has 1 rings (SSSR count). The van der Waals surface area contributed by atoms with Gasteiger partial charge in [-0.05, 0) is 6.92 Å². The third-order valence-corrected chi connectivity index (χ3v) is 0.785. The summed E-state index contributed by atoms with van der Waals surface area (Å²) in [6, 6.07) is -0.218. The summed E-state index contributed by atoms with van der Waals surface area (Å²) in [5.74, 6) is 0. The van der Waals surface area contributed by atoms with E-state index >= 15 is 0 Å². The molecule has 0 bridgehead atoms. The van der Waals surface area contributed by atoms with Gasteiger partial charge in [-0.25, -0.2) is 4.79 Å². The van der Waals surface area contributed by atoms with Crippen LogP contribution in [0.3, 0.4) is 0 Å². The summed E-state index contributed by atoms with van der Waals surface area (Å²) in [5.41, 5.74) is 5.71. The smallest absolute Gasteiger partial charge is 0.309 e. The zero-order chi connectivity index (χ0) is 5.98. The minimum Gasteiger partial charge on any atom is -0.309 e. The molecule has 0 aliphatic carbocycles. The number of hydrogen-bond donors (Lipinski definition) is 3. The predicted octanol–water partition coefficient (Wildman–Crippen LogP) is -0.335. The van der Waals surface area contributed by atoms with Crippen molar-refractivity contribution in [3.63, 3.8) is 0 Å². The quantitative estimate of drug-likeness (QED) is 0.402. The zero-order valence-corrected chi connectivity index (χ0v) is 4.49. The van der Waals surface area contributed by atoms with Gasteiger partial charge < -0.3 is 10.7 Å². The van der Waals surface area contributed by atoms with Crippen molar-refractivity contribution in [2.75, 3.05) is 0 Å². The van der Waals surface area contributed by atoms with Crippen LogP contribution in [0.1, 0.15) is 6.92 Å². The summed E-state index contributed by atoms with van der Waals surface area (Å²) in [6.07, 6.45) is 1.67. The molecule has 0 saturated carbocycles. The molecule has 0 unspecified atom stereocenters. The molecule has 0 aromatic carbocycles. The van der Waals surface area contributed by atoms with E-state index in [1.807, 2.05) is 0 Å². The topological polar surface area (TPSA) is 53.2 Å². The highest BCUT2D eigenvalue weighted by atomic mass is 16.2. The van der Waals surface area contributed by atoms with Crippen LogP contribution in [0.4, 0.5) is 4.79 Å². The van der Waals surface area contributed by atoms with Gasteiger partial charge in [0.25, 0.3) is 0 Å². The van der Waals surface area contributed by atoms with Crippen molar-refractivity contribution >= 4 is 6.03 Å². The van der Waals surface area contributed by atoms with Gasteiger partial charge in [0, 0.05) is 11.9 Å². The molecular weight excluding hydrogens is 106 g/mol. The number of hydrazine groups is 1. The van der Waals surface area contributed by atoms with Crippen molar-refractivity contribution in [1.29, 1.82) is 0 Å². The summed E-state index contributed by atoms with van der Waals surface area (Å²) in [6.45, 7) is 1.80. The van der Waals surface area contributed by atoms with E-state index in [9.17, 15) is 4.79 Å². The molecule has 8 heavy (non-hydrogen) atoms. The number of carbonyl (C=O) groups is 1. The first kappa shape index (κ1) is 4.96. The lowest BCUT2D eigenvalue weighted by Crippen LogP contribution is -2.45. The van der Waals surface area contributed by atoms with Crippen molar-refractivity contribution in [3.05, 3.63) is 11.9 Å². The second kappa shape index (κ2) is 1.73. The molecule has 4 nitrogen and oxygen atoms in total. The van der Waals surface area contributed by atoms with Crippen LogP contribution in [0.5, 0.6) is 0 Å². The van der Waals surface area contributed by atoms with Gasteiger partial charge in [0.05, 0.1) is 0 Å². The van der Waals surface area contributed by atoms with Crippen LogP contribution in [-0.4, -0.2) is 6.03 Å². The molecule has 1 aliphatic rings. The maximum Gasteiger partial charge on any atom is 0.337 e. The van der Waals surface area contributed by atoms with E-state index in [1.54, 1.807) is 13.1 Å². The fourth-order valence-electron chi connectivity index (χ4n) is 0.456. The number of amides is 2. The van der Waals surface area contributed by atoms with Crippen LogP contribution in [0, 0.1) is 0 Å². The second-order valence-corrected chi connectivity index (χ2v) is 1.55. The lowest BCUT2D eigenvalue weighted by Gasteiger charge is -2.12. The van der Waals surface area contributed by atoms with Crippen molar-refractivity contribution < 1.29 is 4.79 Å². The normalized spacial score (nSPS) is 17.6. The summed E-state index contributed by atoms with van der Waals surface area (Å²) in [4.78, 5) is 10.3. The van der Waals surface area contributed by atoms with Crippen LogP contribution in [0.2, 0.25) is 0 Å². The maximum atomic E-state index is 10.3. The first-order valence-corrected chi connectivity index (χ1v) is 2.28. The predicted molar refractivity (Wildman–Crippen MR) is 28.6 cm³/mol. The Hall–Kier alpha value is -1.19. The van der Waals surface area contributed by atoms with Crippen LogP contribution in [-0.2, 0) is 0 Å². The highest BCUT2D eigenvalue weighted by molar-refractivity contribution is 5.76. The maximum absolute atomic E-state index is 10.3. The number of allylic oxidation sites excluding steroid dienone is 1. The first-order chi connectivity index (χ1) is 3.79. The lowest BCUT2D eigenvalue weighted by atomic mass is 10.5. The lowest BCUT2D eigenvalue weighted by molar-refractivity contribution is 0.239. The molecule has 0 fully saturated rings. The summed E-state index contributed by atoms with van der Waals surface area (Å²) < 4.78 is 0. The Morgan fingerprint density at radius 2 is 2.38 bits per heavy atom. The monoisotopic (exact) mass is 113 g/mol. The van der Waals surface area contributed by atoms with Crippen molar-refractivity contribution in [3.8, 4) is 0 Å². The van der Waals surface area contributed by atoms with E-state index in [4.69, 9.17) is 0 Å². The molecule has 3 N–H and O–H groups in total. The SMILES string of the molecule is CC1=CNNC(=O)N1. The van der Waals surface area contributed by atoms with Gasteiger partial charge in [-0.1, -0.05) is 0 Å². The standard InChI is InChI=1S/C4H7N3O/c1-3-2-5-7-4(8)6-3/h2,5H,1H3,(H2,6,7,8). The van der Waals surface area contributed by atoms with E-state index in [1.165, 1.54) is 0 Å². The van der Waals surface area contributed by atoms with Gasteiger partial charge in [0.2, 0.25) is 0 Å². The molecule has 0 spiro atoms. The molecule has 2 amide bonds. The van der Waals surface area contributed by atoms with E-state index in [0.717, 1.165) is 5.70 Å². The average molecular weight is 113 g/mol. The third kappa shape index (κ3) is 0.900. The van der Waals surface area contributed by atoms with Crippen molar-refractivity contribution in [2.45, 2.75) is 6.92 Å². The average Bonchev–Trinajstić information content (AvgIpc) is 1.64. The Balaban J connectivity index is 2.57. The minimum atomic E-state index is -0.218.